The van der Waals surface area contributed by atoms with Gasteiger partial charge in [0.1, 0.15) is 0 Å². The Bertz CT molecular complexity index is 870. The number of nitrogens with zero attached hydrogens (tertiary/aromatic N) is 2. The lowest BCUT2D eigenvalue weighted by Crippen LogP contribution is -1.83. The van der Waals surface area contributed by atoms with Crippen molar-refractivity contribution in [2.45, 2.75) is 13.3 Å². The summed E-state index contributed by atoms with van der Waals surface area (Å²) >= 11 is 1.79. The molecule has 88 valence electrons. The Morgan fingerprint density at radius 2 is 1.89 bits per heavy atom. The van der Waals surface area contributed by atoms with E-state index < -0.39 is 0 Å². The summed E-state index contributed by atoms with van der Waals surface area (Å²) in [6.07, 6.45) is 1.07. The highest BCUT2D eigenvalue weighted by molar-refractivity contribution is 7.23. The van der Waals surface area contributed by atoms with Crippen LogP contribution in [0, 0.1) is 0 Å². The smallest absolute Gasteiger partial charge is 0.195 e. The summed E-state index contributed by atoms with van der Waals surface area (Å²) in [5.41, 5.74) is 4.97. The van der Waals surface area contributed by atoms with E-state index in [0.717, 1.165) is 16.9 Å². The summed E-state index contributed by atoms with van der Waals surface area (Å²) in [6, 6.07) is 14.9. The molecule has 0 saturated carbocycles. The second-order valence-electron chi connectivity index (χ2n) is 4.44. The molecule has 0 bridgehead atoms. The average molecular weight is 252 g/mol. The number of imidazole rings is 1. The van der Waals surface area contributed by atoms with Crippen LogP contribution in [0.25, 0.3) is 26.2 Å². The van der Waals surface area contributed by atoms with Gasteiger partial charge in [-0.2, -0.15) is 0 Å². The summed E-state index contributed by atoms with van der Waals surface area (Å²) in [7, 11) is 0. The van der Waals surface area contributed by atoms with Gasteiger partial charge in [0, 0.05) is 0 Å². The fourth-order valence-electron chi connectivity index (χ4n) is 2.54. The molecular formula is C15H12N2S. The number of benzene rings is 2. The SMILES string of the molecule is CCc1cccc2c1sc1nc3ccccc3n12. The van der Waals surface area contributed by atoms with E-state index in [9.17, 15) is 0 Å². The highest BCUT2D eigenvalue weighted by Gasteiger charge is 2.12. The topological polar surface area (TPSA) is 17.3 Å². The van der Waals surface area contributed by atoms with Crippen LogP contribution in [-0.4, -0.2) is 9.38 Å². The van der Waals surface area contributed by atoms with Gasteiger partial charge in [-0.15, -0.1) is 0 Å². The van der Waals surface area contributed by atoms with E-state index in [1.54, 1.807) is 11.3 Å². The number of hydrogen-bond donors (Lipinski definition) is 0. The monoisotopic (exact) mass is 252 g/mol. The molecule has 4 aromatic rings. The third-order valence-electron chi connectivity index (χ3n) is 3.42. The number of para-hydroxylation sites is 2. The molecule has 0 atom stereocenters. The van der Waals surface area contributed by atoms with Gasteiger partial charge in [-0.05, 0) is 30.2 Å². The van der Waals surface area contributed by atoms with E-state index in [1.165, 1.54) is 21.3 Å². The molecule has 2 heterocycles. The minimum absolute atomic E-state index is 1.07. The van der Waals surface area contributed by atoms with Crippen molar-refractivity contribution in [2.24, 2.45) is 0 Å². The number of hydrogen-bond acceptors (Lipinski definition) is 2. The molecule has 0 aliphatic rings. The number of aromatic nitrogens is 2. The predicted octanol–water partition coefficient (Wildman–Crippen LogP) is 4.26. The largest absolute Gasteiger partial charge is 0.283 e. The first-order valence-electron chi connectivity index (χ1n) is 6.16. The maximum atomic E-state index is 4.71. The van der Waals surface area contributed by atoms with Gasteiger partial charge in [0.25, 0.3) is 0 Å². The van der Waals surface area contributed by atoms with E-state index in [-0.39, 0.29) is 0 Å². The highest BCUT2D eigenvalue weighted by atomic mass is 32.1. The summed E-state index contributed by atoms with van der Waals surface area (Å²) in [5.74, 6) is 0. The van der Waals surface area contributed by atoms with Crippen LogP contribution in [-0.2, 0) is 6.42 Å². The number of rotatable bonds is 1. The van der Waals surface area contributed by atoms with Crippen LogP contribution in [0.5, 0.6) is 0 Å². The van der Waals surface area contributed by atoms with Crippen LogP contribution in [0.3, 0.4) is 0 Å². The van der Waals surface area contributed by atoms with Gasteiger partial charge in [-0.1, -0.05) is 42.5 Å². The molecule has 18 heavy (non-hydrogen) atoms. The minimum atomic E-state index is 1.07. The average Bonchev–Trinajstić information content (AvgIpc) is 2.93. The number of thiazole rings is 1. The lowest BCUT2D eigenvalue weighted by Gasteiger charge is -1.98. The Kier molecular flexibility index (Phi) is 2.00. The molecule has 2 nitrogen and oxygen atoms in total. The molecule has 0 radical (unpaired) electrons. The third-order valence-corrected chi connectivity index (χ3v) is 4.55. The summed E-state index contributed by atoms with van der Waals surface area (Å²) in [4.78, 5) is 5.80. The first-order valence-corrected chi connectivity index (χ1v) is 6.97. The van der Waals surface area contributed by atoms with E-state index >= 15 is 0 Å². The van der Waals surface area contributed by atoms with Gasteiger partial charge in [0.2, 0.25) is 0 Å². The van der Waals surface area contributed by atoms with Crippen molar-refractivity contribution in [3.05, 3.63) is 48.0 Å². The summed E-state index contributed by atoms with van der Waals surface area (Å²) < 4.78 is 3.64. The summed E-state index contributed by atoms with van der Waals surface area (Å²) in [6.45, 7) is 2.20. The fourth-order valence-corrected chi connectivity index (χ4v) is 3.76. The fraction of sp³-hybridized carbons (Fsp3) is 0.133. The molecule has 0 aliphatic heterocycles. The zero-order chi connectivity index (χ0) is 12.1. The second kappa shape index (κ2) is 3.56. The Morgan fingerprint density at radius 3 is 2.78 bits per heavy atom. The molecule has 0 amide bonds. The van der Waals surface area contributed by atoms with Crippen LogP contribution in [0.2, 0.25) is 0 Å². The van der Waals surface area contributed by atoms with Crippen molar-refractivity contribution < 1.29 is 0 Å². The first-order chi connectivity index (χ1) is 8.88. The maximum Gasteiger partial charge on any atom is 0.195 e. The second-order valence-corrected chi connectivity index (χ2v) is 5.42. The van der Waals surface area contributed by atoms with Crippen LogP contribution < -0.4 is 0 Å². The van der Waals surface area contributed by atoms with Gasteiger partial charge in [0.05, 0.1) is 21.3 Å². The third kappa shape index (κ3) is 1.20. The van der Waals surface area contributed by atoms with E-state index in [0.29, 0.717) is 0 Å². The highest BCUT2D eigenvalue weighted by Crippen LogP contribution is 2.32. The molecule has 4 rings (SSSR count). The molecule has 0 fully saturated rings. The van der Waals surface area contributed by atoms with Crippen molar-refractivity contribution in [1.29, 1.82) is 0 Å². The quantitative estimate of drug-likeness (QED) is 0.494. The Labute approximate surface area is 109 Å². The molecule has 3 heteroatoms. The Balaban J connectivity index is 2.28. The zero-order valence-corrected chi connectivity index (χ0v) is 10.9. The molecule has 2 aromatic carbocycles. The molecule has 0 unspecified atom stereocenters. The minimum Gasteiger partial charge on any atom is -0.283 e. The van der Waals surface area contributed by atoms with Crippen LogP contribution in [0.15, 0.2) is 42.5 Å². The molecule has 0 saturated heterocycles. The lowest BCUT2D eigenvalue weighted by atomic mass is 10.1. The summed E-state index contributed by atoms with van der Waals surface area (Å²) in [5, 5.41) is 0. The van der Waals surface area contributed by atoms with Gasteiger partial charge in [-0.3, -0.25) is 4.40 Å². The van der Waals surface area contributed by atoms with Crippen molar-refractivity contribution in [3.8, 4) is 0 Å². The van der Waals surface area contributed by atoms with Gasteiger partial charge in [0.15, 0.2) is 4.96 Å². The Morgan fingerprint density at radius 1 is 1.06 bits per heavy atom. The standard InChI is InChI=1S/C15H12N2S/c1-2-10-6-5-9-13-14(10)18-15-16-11-7-3-4-8-12(11)17(13)15/h3-9H,2H2,1H3. The zero-order valence-electron chi connectivity index (χ0n) is 10.1. The van der Waals surface area contributed by atoms with Crippen LogP contribution >= 0.6 is 11.3 Å². The Hall–Kier alpha value is -1.87. The first kappa shape index (κ1) is 10.1. The van der Waals surface area contributed by atoms with Crippen LogP contribution in [0.4, 0.5) is 0 Å². The lowest BCUT2D eigenvalue weighted by molar-refractivity contribution is 1.16. The van der Waals surface area contributed by atoms with E-state index in [4.69, 9.17) is 4.98 Å². The molecule has 0 N–H and O–H groups in total. The molecule has 2 aromatic heterocycles. The molecule has 0 aliphatic carbocycles. The van der Waals surface area contributed by atoms with Gasteiger partial charge < -0.3 is 0 Å². The van der Waals surface area contributed by atoms with Crippen molar-refractivity contribution in [3.63, 3.8) is 0 Å². The van der Waals surface area contributed by atoms with E-state index in [1.807, 2.05) is 6.07 Å². The van der Waals surface area contributed by atoms with Gasteiger partial charge >= 0.3 is 0 Å². The van der Waals surface area contributed by atoms with Crippen molar-refractivity contribution in [1.82, 2.24) is 9.38 Å². The van der Waals surface area contributed by atoms with Crippen molar-refractivity contribution in [2.75, 3.05) is 0 Å². The number of aryl methyl sites for hydroxylation is 1. The van der Waals surface area contributed by atoms with E-state index in [2.05, 4.69) is 47.7 Å². The maximum absolute atomic E-state index is 4.71. The molecule has 0 spiro atoms. The van der Waals surface area contributed by atoms with Crippen LogP contribution in [0.1, 0.15) is 12.5 Å². The predicted molar refractivity (Wildman–Crippen MR) is 77.5 cm³/mol. The number of fused-ring (bicyclic) bond motifs is 5. The normalized spacial score (nSPS) is 11.8. The molecular weight excluding hydrogens is 240 g/mol. The van der Waals surface area contributed by atoms with Gasteiger partial charge in [-0.25, -0.2) is 4.98 Å². The van der Waals surface area contributed by atoms with Crippen molar-refractivity contribution >= 4 is 37.5 Å².